The molecule has 1 aromatic rings. The minimum Gasteiger partial charge on any atom is -0.474 e. The maximum Gasteiger partial charge on any atom is 0.180 e. The SMILES string of the molecule is C=C(N[C@@H](CO)[C@H](O)c1ccc(C)cn1)OC(C)(C)C. The van der Waals surface area contributed by atoms with Crippen LogP contribution >= 0.6 is 0 Å². The van der Waals surface area contributed by atoms with Crippen molar-refractivity contribution in [3.63, 3.8) is 0 Å². The van der Waals surface area contributed by atoms with E-state index in [0.717, 1.165) is 5.56 Å². The summed E-state index contributed by atoms with van der Waals surface area (Å²) in [5.74, 6) is 0.308. The third-order valence-corrected chi connectivity index (χ3v) is 2.59. The Balaban J connectivity index is 2.70. The zero-order valence-corrected chi connectivity index (χ0v) is 12.6. The van der Waals surface area contributed by atoms with Crippen LogP contribution in [0.15, 0.2) is 30.8 Å². The van der Waals surface area contributed by atoms with E-state index in [0.29, 0.717) is 11.6 Å². The Kier molecular flexibility index (Phi) is 5.53. The number of aryl methyl sites for hydroxylation is 1. The van der Waals surface area contributed by atoms with Crippen molar-refractivity contribution in [1.29, 1.82) is 0 Å². The lowest BCUT2D eigenvalue weighted by Gasteiger charge is -2.28. The first-order valence-corrected chi connectivity index (χ1v) is 6.59. The maximum atomic E-state index is 10.2. The number of aliphatic hydroxyl groups is 2. The summed E-state index contributed by atoms with van der Waals surface area (Å²) in [5, 5.41) is 22.5. The Labute approximate surface area is 120 Å². The highest BCUT2D eigenvalue weighted by Gasteiger charge is 2.23. The predicted octanol–water partition coefficient (Wildman–Crippen LogP) is 1.66. The number of aromatic nitrogens is 1. The molecule has 5 heteroatoms. The van der Waals surface area contributed by atoms with E-state index in [1.807, 2.05) is 33.8 Å². The second-order valence-corrected chi connectivity index (χ2v) is 5.78. The van der Waals surface area contributed by atoms with Gasteiger partial charge < -0.3 is 20.3 Å². The Morgan fingerprint density at radius 1 is 1.45 bits per heavy atom. The van der Waals surface area contributed by atoms with Crippen molar-refractivity contribution in [1.82, 2.24) is 10.3 Å². The lowest BCUT2D eigenvalue weighted by Crippen LogP contribution is -2.39. The van der Waals surface area contributed by atoms with Crippen LogP contribution in [-0.2, 0) is 4.74 Å². The standard InChI is InChI=1S/C15H24N2O3/c1-10-6-7-12(16-8-10)14(19)13(9-18)17-11(2)20-15(3,4)5/h6-8,13-14,17-19H,2,9H2,1,3-5H3/t13-,14+/m0/s1. The zero-order chi connectivity index (χ0) is 15.3. The lowest BCUT2D eigenvalue weighted by molar-refractivity contribution is 0.0205. The fraction of sp³-hybridized carbons (Fsp3) is 0.533. The van der Waals surface area contributed by atoms with Crippen LogP contribution in [0, 0.1) is 6.92 Å². The number of rotatable bonds is 6. The van der Waals surface area contributed by atoms with Crippen molar-refractivity contribution >= 4 is 0 Å². The predicted molar refractivity (Wildman–Crippen MR) is 77.9 cm³/mol. The van der Waals surface area contributed by atoms with Gasteiger partial charge in [-0.1, -0.05) is 6.07 Å². The first-order valence-electron chi connectivity index (χ1n) is 6.59. The molecule has 0 aromatic carbocycles. The van der Waals surface area contributed by atoms with Crippen LogP contribution in [0.2, 0.25) is 0 Å². The molecule has 5 nitrogen and oxygen atoms in total. The summed E-state index contributed by atoms with van der Waals surface area (Å²) in [6, 6.07) is 2.97. The number of nitrogens with zero attached hydrogens (tertiary/aromatic N) is 1. The Morgan fingerprint density at radius 2 is 2.10 bits per heavy atom. The number of pyridine rings is 1. The first-order chi connectivity index (χ1) is 9.23. The van der Waals surface area contributed by atoms with Crippen LogP contribution < -0.4 is 5.32 Å². The van der Waals surface area contributed by atoms with Gasteiger partial charge in [-0.15, -0.1) is 0 Å². The molecule has 1 rings (SSSR count). The molecule has 0 unspecified atom stereocenters. The topological polar surface area (TPSA) is 74.6 Å². The Morgan fingerprint density at radius 3 is 2.55 bits per heavy atom. The molecule has 20 heavy (non-hydrogen) atoms. The quantitative estimate of drug-likeness (QED) is 0.691. The first kappa shape index (κ1) is 16.5. The molecule has 0 aliphatic heterocycles. The molecule has 0 spiro atoms. The average molecular weight is 280 g/mol. The van der Waals surface area contributed by atoms with Crippen molar-refractivity contribution in [2.75, 3.05) is 6.61 Å². The maximum absolute atomic E-state index is 10.2. The van der Waals surface area contributed by atoms with Crippen molar-refractivity contribution in [3.8, 4) is 0 Å². The summed E-state index contributed by atoms with van der Waals surface area (Å²) in [6.45, 7) is 11.1. The van der Waals surface area contributed by atoms with Crippen LogP contribution in [0.25, 0.3) is 0 Å². The number of hydrogen-bond acceptors (Lipinski definition) is 5. The normalized spacial score (nSPS) is 14.5. The number of hydrogen-bond donors (Lipinski definition) is 3. The zero-order valence-electron chi connectivity index (χ0n) is 12.6. The van der Waals surface area contributed by atoms with Gasteiger partial charge in [0.25, 0.3) is 0 Å². The van der Waals surface area contributed by atoms with Gasteiger partial charge in [0, 0.05) is 6.20 Å². The highest BCUT2D eigenvalue weighted by Crippen LogP contribution is 2.17. The van der Waals surface area contributed by atoms with Gasteiger partial charge in [-0.05, 0) is 45.9 Å². The van der Waals surface area contributed by atoms with Crippen molar-refractivity contribution in [2.24, 2.45) is 0 Å². The van der Waals surface area contributed by atoms with Gasteiger partial charge in [0.05, 0.1) is 18.3 Å². The highest BCUT2D eigenvalue weighted by molar-refractivity contribution is 5.15. The van der Waals surface area contributed by atoms with Crippen LogP contribution in [0.4, 0.5) is 0 Å². The lowest BCUT2D eigenvalue weighted by atomic mass is 10.1. The largest absolute Gasteiger partial charge is 0.474 e. The van der Waals surface area contributed by atoms with E-state index in [2.05, 4.69) is 16.9 Å². The van der Waals surface area contributed by atoms with Crippen LogP contribution in [-0.4, -0.2) is 33.4 Å². The van der Waals surface area contributed by atoms with Gasteiger partial charge in [0.2, 0.25) is 0 Å². The number of aliphatic hydroxyl groups excluding tert-OH is 2. The van der Waals surface area contributed by atoms with Gasteiger partial charge in [-0.2, -0.15) is 0 Å². The monoisotopic (exact) mass is 280 g/mol. The summed E-state index contributed by atoms with van der Waals surface area (Å²) in [6.07, 6.45) is 0.730. The van der Waals surface area contributed by atoms with Crippen LogP contribution in [0.5, 0.6) is 0 Å². The Hall–Kier alpha value is -1.59. The molecule has 0 saturated carbocycles. The van der Waals surface area contributed by atoms with E-state index < -0.39 is 17.7 Å². The molecule has 0 fully saturated rings. The fourth-order valence-electron chi connectivity index (χ4n) is 1.69. The summed E-state index contributed by atoms with van der Waals surface area (Å²) in [5.41, 5.74) is 1.11. The molecule has 112 valence electrons. The average Bonchev–Trinajstić information content (AvgIpc) is 2.34. The van der Waals surface area contributed by atoms with E-state index in [-0.39, 0.29) is 6.61 Å². The second kappa shape index (κ2) is 6.72. The van der Waals surface area contributed by atoms with E-state index >= 15 is 0 Å². The molecule has 0 aliphatic carbocycles. The highest BCUT2D eigenvalue weighted by atomic mass is 16.5. The molecule has 0 bridgehead atoms. The summed E-state index contributed by atoms with van der Waals surface area (Å²) in [4.78, 5) is 4.16. The van der Waals surface area contributed by atoms with Gasteiger partial charge in [0.1, 0.15) is 11.7 Å². The Bertz CT molecular complexity index is 437. The van der Waals surface area contributed by atoms with E-state index in [9.17, 15) is 10.2 Å². The second-order valence-electron chi connectivity index (χ2n) is 5.78. The van der Waals surface area contributed by atoms with Crippen molar-refractivity contribution < 1.29 is 14.9 Å². The van der Waals surface area contributed by atoms with E-state index in [1.54, 1.807) is 12.3 Å². The molecule has 0 radical (unpaired) electrons. The molecule has 2 atom stereocenters. The minimum atomic E-state index is -0.944. The van der Waals surface area contributed by atoms with Crippen LogP contribution in [0.3, 0.4) is 0 Å². The third-order valence-electron chi connectivity index (χ3n) is 2.59. The summed E-state index contributed by atoms with van der Waals surface area (Å²) < 4.78 is 5.53. The molecule has 1 aromatic heterocycles. The number of ether oxygens (including phenoxy) is 1. The molecule has 0 saturated heterocycles. The molecular formula is C15H24N2O3. The van der Waals surface area contributed by atoms with Gasteiger partial charge in [0.15, 0.2) is 5.88 Å². The van der Waals surface area contributed by atoms with Crippen LogP contribution in [0.1, 0.15) is 38.1 Å². The molecule has 3 N–H and O–H groups in total. The minimum absolute atomic E-state index is 0.261. The van der Waals surface area contributed by atoms with Gasteiger partial charge in [-0.3, -0.25) is 4.98 Å². The fourth-order valence-corrected chi connectivity index (χ4v) is 1.69. The third kappa shape index (κ3) is 5.19. The van der Waals surface area contributed by atoms with Gasteiger partial charge >= 0.3 is 0 Å². The van der Waals surface area contributed by atoms with Crippen molar-refractivity contribution in [2.45, 2.75) is 45.4 Å². The molecule has 0 aliphatic rings. The van der Waals surface area contributed by atoms with E-state index in [4.69, 9.17) is 4.74 Å². The summed E-state index contributed by atoms with van der Waals surface area (Å²) in [7, 11) is 0. The molecule has 0 amide bonds. The number of nitrogens with one attached hydrogen (secondary N) is 1. The van der Waals surface area contributed by atoms with Gasteiger partial charge in [-0.25, -0.2) is 0 Å². The van der Waals surface area contributed by atoms with E-state index in [1.165, 1.54) is 0 Å². The smallest absolute Gasteiger partial charge is 0.180 e. The molecule has 1 heterocycles. The van der Waals surface area contributed by atoms with Crippen molar-refractivity contribution in [3.05, 3.63) is 42.0 Å². The molecular weight excluding hydrogens is 256 g/mol. The summed E-state index contributed by atoms with van der Waals surface area (Å²) >= 11 is 0.